The molecule has 100 valence electrons. The number of aromatic nitrogens is 2. The zero-order valence-electron chi connectivity index (χ0n) is 10.8. The fourth-order valence-electron chi connectivity index (χ4n) is 2.99. The van der Waals surface area contributed by atoms with Crippen molar-refractivity contribution in [2.75, 3.05) is 0 Å². The van der Waals surface area contributed by atoms with Crippen LogP contribution in [0.2, 0.25) is 0 Å². The van der Waals surface area contributed by atoms with Crippen LogP contribution >= 0.6 is 0 Å². The number of hydrogen-bond donors (Lipinski definition) is 2. The number of phenols is 1. The molecule has 5 heteroatoms. The molecule has 0 amide bonds. The number of carboxylic acids is 1. The largest absolute Gasteiger partial charge is 0.507 e. The molecule has 1 saturated carbocycles. The number of carbonyl (C=O) groups is 1. The van der Waals surface area contributed by atoms with Gasteiger partial charge >= 0.3 is 5.97 Å². The van der Waals surface area contributed by atoms with Gasteiger partial charge < -0.3 is 10.2 Å². The first kappa shape index (κ1) is 12.0. The molecule has 19 heavy (non-hydrogen) atoms. The predicted octanol–water partition coefficient (Wildman–Crippen LogP) is 2.63. The Labute approximate surface area is 110 Å². The van der Waals surface area contributed by atoms with Crippen LogP contribution < -0.4 is 0 Å². The van der Waals surface area contributed by atoms with Crippen molar-refractivity contribution >= 4 is 16.9 Å². The number of nitrogens with zero attached hydrogens (tertiary/aromatic N) is 2. The number of aryl methyl sites for hydroxylation is 1. The van der Waals surface area contributed by atoms with Crippen LogP contribution in [0.25, 0.3) is 10.9 Å². The Kier molecular flexibility index (Phi) is 2.69. The Morgan fingerprint density at radius 3 is 2.68 bits per heavy atom. The highest BCUT2D eigenvalue weighted by atomic mass is 16.4. The van der Waals surface area contributed by atoms with E-state index >= 15 is 0 Å². The molecule has 0 radical (unpaired) electrons. The molecule has 0 spiro atoms. The third kappa shape index (κ3) is 1.85. The standard InChI is InChI=1S/C14H16N2O3/c1-16-11-7-12(17)10(14(18)19)6-9(11)13(15-16)8-4-2-3-5-8/h6-8,17H,2-5H2,1H3,(H,18,19). The Bertz CT molecular complexity index is 654. The summed E-state index contributed by atoms with van der Waals surface area (Å²) in [6, 6.07) is 3.04. The summed E-state index contributed by atoms with van der Waals surface area (Å²) in [6.45, 7) is 0. The van der Waals surface area contributed by atoms with Crippen molar-refractivity contribution in [1.29, 1.82) is 0 Å². The predicted molar refractivity (Wildman–Crippen MR) is 70.5 cm³/mol. The van der Waals surface area contributed by atoms with Gasteiger partial charge in [-0.3, -0.25) is 4.68 Å². The minimum absolute atomic E-state index is 0.0558. The average molecular weight is 260 g/mol. The smallest absolute Gasteiger partial charge is 0.339 e. The third-order valence-corrected chi connectivity index (χ3v) is 3.97. The number of carboxylic acid groups (broad SMARTS) is 1. The van der Waals surface area contributed by atoms with Crippen molar-refractivity contribution in [3.8, 4) is 5.75 Å². The summed E-state index contributed by atoms with van der Waals surface area (Å²) in [7, 11) is 1.82. The van der Waals surface area contributed by atoms with Gasteiger partial charge in [0.15, 0.2) is 0 Å². The Morgan fingerprint density at radius 1 is 1.37 bits per heavy atom. The molecule has 0 saturated heterocycles. The van der Waals surface area contributed by atoms with Crippen LogP contribution in [-0.2, 0) is 7.05 Å². The van der Waals surface area contributed by atoms with E-state index in [-0.39, 0.29) is 11.3 Å². The molecular weight excluding hydrogens is 244 g/mol. The van der Waals surface area contributed by atoms with Gasteiger partial charge in [0.25, 0.3) is 0 Å². The summed E-state index contributed by atoms with van der Waals surface area (Å²) >= 11 is 0. The van der Waals surface area contributed by atoms with E-state index < -0.39 is 5.97 Å². The van der Waals surface area contributed by atoms with Gasteiger partial charge in [-0.2, -0.15) is 5.10 Å². The van der Waals surface area contributed by atoms with E-state index in [1.165, 1.54) is 18.9 Å². The molecule has 5 nitrogen and oxygen atoms in total. The quantitative estimate of drug-likeness (QED) is 0.870. The van der Waals surface area contributed by atoms with E-state index in [2.05, 4.69) is 5.10 Å². The van der Waals surface area contributed by atoms with Crippen LogP contribution in [-0.4, -0.2) is 26.0 Å². The van der Waals surface area contributed by atoms with Gasteiger partial charge in [0.1, 0.15) is 11.3 Å². The molecule has 2 N–H and O–H groups in total. The fraction of sp³-hybridized carbons (Fsp3) is 0.429. The lowest BCUT2D eigenvalue weighted by Gasteiger charge is -2.06. The number of rotatable bonds is 2. The normalized spacial score (nSPS) is 16.3. The van der Waals surface area contributed by atoms with E-state index in [4.69, 9.17) is 5.11 Å². The summed E-state index contributed by atoms with van der Waals surface area (Å²) < 4.78 is 1.72. The van der Waals surface area contributed by atoms with E-state index in [0.29, 0.717) is 5.92 Å². The number of benzene rings is 1. The summed E-state index contributed by atoms with van der Waals surface area (Å²) in [5.41, 5.74) is 1.70. The van der Waals surface area contributed by atoms with Crippen molar-refractivity contribution in [3.63, 3.8) is 0 Å². The molecule has 2 aromatic rings. The molecule has 0 unspecified atom stereocenters. The Hall–Kier alpha value is -2.04. The van der Waals surface area contributed by atoms with Crippen LogP contribution in [0, 0.1) is 0 Å². The van der Waals surface area contributed by atoms with Crippen molar-refractivity contribution in [1.82, 2.24) is 9.78 Å². The van der Waals surface area contributed by atoms with Gasteiger partial charge in [-0.15, -0.1) is 0 Å². The number of fused-ring (bicyclic) bond motifs is 1. The molecule has 1 heterocycles. The Morgan fingerprint density at radius 2 is 2.05 bits per heavy atom. The van der Waals surface area contributed by atoms with Crippen LogP contribution in [0.5, 0.6) is 5.75 Å². The van der Waals surface area contributed by atoms with Crippen molar-refractivity contribution < 1.29 is 15.0 Å². The second kappa shape index (κ2) is 4.26. The van der Waals surface area contributed by atoms with Crippen LogP contribution in [0.3, 0.4) is 0 Å². The summed E-state index contributed by atoms with van der Waals surface area (Å²) in [6.07, 6.45) is 4.62. The molecule has 0 atom stereocenters. The van der Waals surface area contributed by atoms with Gasteiger partial charge in [-0.05, 0) is 18.9 Å². The van der Waals surface area contributed by atoms with E-state index in [1.807, 2.05) is 7.05 Å². The first-order chi connectivity index (χ1) is 9.08. The molecule has 1 aromatic carbocycles. The van der Waals surface area contributed by atoms with Crippen LogP contribution in [0.15, 0.2) is 12.1 Å². The van der Waals surface area contributed by atoms with Crippen LogP contribution in [0.1, 0.15) is 47.7 Å². The highest BCUT2D eigenvalue weighted by Crippen LogP contribution is 2.38. The zero-order chi connectivity index (χ0) is 13.6. The fourth-order valence-corrected chi connectivity index (χ4v) is 2.99. The maximum absolute atomic E-state index is 11.1. The number of aromatic carboxylic acids is 1. The van der Waals surface area contributed by atoms with Crippen molar-refractivity contribution in [2.45, 2.75) is 31.6 Å². The van der Waals surface area contributed by atoms with Crippen molar-refractivity contribution in [3.05, 3.63) is 23.4 Å². The molecule has 1 aromatic heterocycles. The maximum atomic E-state index is 11.1. The molecule has 1 fully saturated rings. The average Bonchev–Trinajstić information content (AvgIpc) is 2.97. The monoisotopic (exact) mass is 260 g/mol. The number of aromatic hydroxyl groups is 1. The summed E-state index contributed by atoms with van der Waals surface area (Å²) in [5.74, 6) is -0.906. The maximum Gasteiger partial charge on any atom is 0.339 e. The first-order valence-corrected chi connectivity index (χ1v) is 6.51. The number of hydrogen-bond acceptors (Lipinski definition) is 3. The van der Waals surface area contributed by atoms with E-state index in [0.717, 1.165) is 29.4 Å². The van der Waals surface area contributed by atoms with Crippen molar-refractivity contribution in [2.24, 2.45) is 7.05 Å². The zero-order valence-corrected chi connectivity index (χ0v) is 10.8. The van der Waals surface area contributed by atoms with Gasteiger partial charge in [0, 0.05) is 24.4 Å². The molecule has 0 bridgehead atoms. The van der Waals surface area contributed by atoms with Gasteiger partial charge in [0.2, 0.25) is 0 Å². The second-order valence-electron chi connectivity index (χ2n) is 5.18. The Balaban J connectivity index is 2.23. The lowest BCUT2D eigenvalue weighted by Crippen LogP contribution is -1.98. The highest BCUT2D eigenvalue weighted by molar-refractivity contribution is 5.97. The second-order valence-corrected chi connectivity index (χ2v) is 5.18. The molecular formula is C14H16N2O3. The van der Waals surface area contributed by atoms with Crippen LogP contribution in [0.4, 0.5) is 0 Å². The highest BCUT2D eigenvalue weighted by Gasteiger charge is 2.24. The van der Waals surface area contributed by atoms with E-state index in [1.54, 1.807) is 10.7 Å². The minimum atomic E-state index is -1.11. The topological polar surface area (TPSA) is 75.4 Å². The van der Waals surface area contributed by atoms with Gasteiger partial charge in [-0.25, -0.2) is 4.79 Å². The lowest BCUT2D eigenvalue weighted by atomic mass is 9.99. The molecule has 0 aliphatic heterocycles. The third-order valence-electron chi connectivity index (χ3n) is 3.97. The first-order valence-electron chi connectivity index (χ1n) is 6.51. The molecule has 1 aliphatic carbocycles. The van der Waals surface area contributed by atoms with Gasteiger partial charge in [0.05, 0.1) is 11.2 Å². The van der Waals surface area contributed by atoms with E-state index in [9.17, 15) is 9.90 Å². The molecule has 1 aliphatic rings. The lowest BCUT2D eigenvalue weighted by molar-refractivity contribution is 0.0694. The molecule has 3 rings (SSSR count). The summed E-state index contributed by atoms with van der Waals surface area (Å²) in [5, 5.41) is 24.2. The minimum Gasteiger partial charge on any atom is -0.507 e. The summed E-state index contributed by atoms with van der Waals surface area (Å²) in [4.78, 5) is 11.1. The SMILES string of the molecule is Cn1nc(C2CCCC2)c2cc(C(=O)O)c(O)cc21. The van der Waals surface area contributed by atoms with Gasteiger partial charge in [-0.1, -0.05) is 12.8 Å².